The van der Waals surface area contributed by atoms with Gasteiger partial charge < -0.3 is 4.74 Å². The smallest absolute Gasteiger partial charge is 0.283 e. The Kier molecular flexibility index (Phi) is 3.37. The monoisotopic (exact) mass is 320 g/mol. The highest BCUT2D eigenvalue weighted by molar-refractivity contribution is 7.90. The molecule has 7 heteroatoms. The van der Waals surface area contributed by atoms with Crippen molar-refractivity contribution < 1.29 is 17.5 Å². The van der Waals surface area contributed by atoms with E-state index in [-0.39, 0.29) is 10.4 Å². The molecule has 3 aromatic rings. The van der Waals surface area contributed by atoms with Gasteiger partial charge in [0.15, 0.2) is 5.82 Å². The minimum Gasteiger partial charge on any atom is -0.496 e. The van der Waals surface area contributed by atoms with Crippen LogP contribution in [0.2, 0.25) is 0 Å². The van der Waals surface area contributed by atoms with E-state index in [1.165, 1.54) is 31.5 Å². The zero-order chi connectivity index (χ0) is 15.9. The molecule has 3 rings (SSSR count). The second kappa shape index (κ2) is 5.10. The maximum atomic E-state index is 14.1. The van der Waals surface area contributed by atoms with E-state index in [1.807, 2.05) is 6.92 Å². The lowest BCUT2D eigenvalue weighted by Gasteiger charge is -2.08. The van der Waals surface area contributed by atoms with Crippen LogP contribution in [0, 0.1) is 12.7 Å². The number of rotatable bonds is 3. The van der Waals surface area contributed by atoms with E-state index in [2.05, 4.69) is 5.10 Å². The lowest BCUT2D eigenvalue weighted by atomic mass is 10.2. The Bertz CT molecular complexity index is 947. The number of hydrogen-bond donors (Lipinski definition) is 0. The lowest BCUT2D eigenvalue weighted by Crippen LogP contribution is -2.15. The first-order chi connectivity index (χ1) is 10.4. The Hall–Kier alpha value is -2.41. The predicted molar refractivity (Wildman–Crippen MR) is 80.0 cm³/mol. The Morgan fingerprint density at radius 1 is 1.14 bits per heavy atom. The first-order valence-corrected chi connectivity index (χ1v) is 7.91. The number of aryl methyl sites for hydroxylation is 1. The van der Waals surface area contributed by atoms with Crippen molar-refractivity contribution in [2.75, 3.05) is 7.11 Å². The Balaban J connectivity index is 2.28. The third-order valence-electron chi connectivity index (χ3n) is 3.38. The van der Waals surface area contributed by atoms with E-state index in [4.69, 9.17) is 4.74 Å². The predicted octanol–water partition coefficient (Wildman–Crippen LogP) is 2.73. The second-order valence-corrected chi connectivity index (χ2v) is 6.58. The zero-order valence-corrected chi connectivity index (χ0v) is 12.8. The standard InChI is InChI=1S/C15H13FN2O3S/c1-10-3-5-11(6-4-10)22(19,20)18-15-12(9-17-18)14(21-2)8-7-13(15)16/h3-9H,1-2H3. The lowest BCUT2D eigenvalue weighted by molar-refractivity contribution is 0.419. The van der Waals surface area contributed by atoms with Crippen LogP contribution in [0.5, 0.6) is 5.75 Å². The molecule has 0 aliphatic heterocycles. The number of hydrogen-bond acceptors (Lipinski definition) is 4. The molecular weight excluding hydrogens is 307 g/mol. The molecule has 0 amide bonds. The van der Waals surface area contributed by atoms with Crippen LogP contribution in [0.3, 0.4) is 0 Å². The van der Waals surface area contributed by atoms with E-state index in [1.54, 1.807) is 12.1 Å². The van der Waals surface area contributed by atoms with Crippen molar-refractivity contribution in [1.82, 2.24) is 9.19 Å². The van der Waals surface area contributed by atoms with Crippen LogP contribution in [0.1, 0.15) is 5.56 Å². The van der Waals surface area contributed by atoms with Gasteiger partial charge >= 0.3 is 0 Å². The first kappa shape index (κ1) is 14.5. The summed E-state index contributed by atoms with van der Waals surface area (Å²) in [6.45, 7) is 1.85. The highest BCUT2D eigenvalue weighted by atomic mass is 32.2. The molecule has 0 unspecified atom stereocenters. The zero-order valence-electron chi connectivity index (χ0n) is 11.9. The van der Waals surface area contributed by atoms with Crippen molar-refractivity contribution in [2.45, 2.75) is 11.8 Å². The fourth-order valence-corrected chi connectivity index (χ4v) is 3.50. The highest BCUT2D eigenvalue weighted by Crippen LogP contribution is 2.29. The van der Waals surface area contributed by atoms with Crippen LogP contribution in [0.25, 0.3) is 10.9 Å². The van der Waals surface area contributed by atoms with Crippen molar-refractivity contribution in [2.24, 2.45) is 0 Å². The number of fused-ring (bicyclic) bond motifs is 1. The van der Waals surface area contributed by atoms with Gasteiger partial charge in [0, 0.05) is 0 Å². The summed E-state index contributed by atoms with van der Waals surface area (Å²) in [6.07, 6.45) is 1.28. The fraction of sp³-hybridized carbons (Fsp3) is 0.133. The summed E-state index contributed by atoms with van der Waals surface area (Å²) in [5, 5.41) is 4.15. The quantitative estimate of drug-likeness (QED) is 0.744. The molecule has 22 heavy (non-hydrogen) atoms. The van der Waals surface area contributed by atoms with E-state index in [0.29, 0.717) is 15.2 Å². The maximum Gasteiger partial charge on any atom is 0.283 e. The SMILES string of the molecule is COc1ccc(F)c2c1cnn2S(=O)(=O)c1ccc(C)cc1. The molecule has 0 aliphatic carbocycles. The van der Waals surface area contributed by atoms with Crippen molar-refractivity contribution in [3.63, 3.8) is 0 Å². The Morgan fingerprint density at radius 2 is 1.82 bits per heavy atom. The van der Waals surface area contributed by atoms with E-state index in [9.17, 15) is 12.8 Å². The average Bonchev–Trinajstić information content (AvgIpc) is 2.95. The molecule has 0 saturated heterocycles. The van der Waals surface area contributed by atoms with E-state index in [0.717, 1.165) is 11.6 Å². The molecule has 2 aromatic carbocycles. The van der Waals surface area contributed by atoms with Crippen molar-refractivity contribution in [3.8, 4) is 5.75 Å². The second-order valence-electron chi connectivity index (χ2n) is 4.82. The van der Waals surface area contributed by atoms with Crippen LogP contribution in [-0.4, -0.2) is 24.7 Å². The average molecular weight is 320 g/mol. The topological polar surface area (TPSA) is 61.2 Å². The van der Waals surface area contributed by atoms with Gasteiger partial charge in [0.2, 0.25) is 0 Å². The highest BCUT2D eigenvalue weighted by Gasteiger charge is 2.23. The number of ether oxygens (including phenoxy) is 1. The Labute approximate surface area is 127 Å². The first-order valence-electron chi connectivity index (χ1n) is 6.47. The van der Waals surface area contributed by atoms with Gasteiger partial charge in [-0.05, 0) is 31.2 Å². The van der Waals surface area contributed by atoms with Crippen LogP contribution in [0.4, 0.5) is 4.39 Å². The largest absolute Gasteiger partial charge is 0.496 e. The summed E-state index contributed by atoms with van der Waals surface area (Å²) in [5.74, 6) is -0.314. The van der Waals surface area contributed by atoms with Crippen molar-refractivity contribution in [1.29, 1.82) is 0 Å². The summed E-state index contributed by atoms with van der Waals surface area (Å²) in [5.41, 5.74) is 0.803. The molecule has 1 heterocycles. The molecule has 5 nitrogen and oxygen atoms in total. The maximum absolute atomic E-state index is 14.1. The minimum absolute atomic E-state index is 0.0466. The van der Waals surface area contributed by atoms with Crippen molar-refractivity contribution >= 4 is 20.9 Å². The molecule has 0 aliphatic rings. The number of methoxy groups -OCH3 is 1. The van der Waals surface area contributed by atoms with Crippen LogP contribution in [0.15, 0.2) is 47.5 Å². The summed E-state index contributed by atoms with van der Waals surface area (Å²) >= 11 is 0. The summed E-state index contributed by atoms with van der Waals surface area (Å²) in [4.78, 5) is 0.0466. The van der Waals surface area contributed by atoms with Gasteiger partial charge in [-0.25, -0.2) is 4.39 Å². The molecule has 0 fully saturated rings. The van der Waals surface area contributed by atoms with E-state index < -0.39 is 15.8 Å². The summed E-state index contributed by atoms with van der Waals surface area (Å²) in [7, 11) is -2.55. The van der Waals surface area contributed by atoms with Crippen LogP contribution < -0.4 is 4.74 Å². The normalized spacial score (nSPS) is 11.8. The fourth-order valence-electron chi connectivity index (χ4n) is 2.22. The number of nitrogens with zero attached hydrogens (tertiary/aromatic N) is 2. The Morgan fingerprint density at radius 3 is 2.45 bits per heavy atom. The van der Waals surface area contributed by atoms with Gasteiger partial charge in [-0.15, -0.1) is 4.09 Å². The van der Waals surface area contributed by atoms with Gasteiger partial charge in [-0.2, -0.15) is 13.5 Å². The molecule has 0 atom stereocenters. The molecule has 0 bridgehead atoms. The summed E-state index contributed by atoms with van der Waals surface area (Å²) < 4.78 is 45.3. The number of halogens is 1. The minimum atomic E-state index is -3.98. The molecule has 114 valence electrons. The third-order valence-corrected chi connectivity index (χ3v) is 4.98. The van der Waals surface area contributed by atoms with Gasteiger partial charge in [-0.3, -0.25) is 0 Å². The van der Waals surface area contributed by atoms with E-state index >= 15 is 0 Å². The molecule has 0 saturated carbocycles. The van der Waals surface area contributed by atoms with Crippen LogP contribution >= 0.6 is 0 Å². The number of aromatic nitrogens is 2. The van der Waals surface area contributed by atoms with Gasteiger partial charge in [-0.1, -0.05) is 17.7 Å². The molecule has 1 aromatic heterocycles. The molecule has 0 radical (unpaired) electrons. The molecule has 0 spiro atoms. The van der Waals surface area contributed by atoms with Crippen LogP contribution in [-0.2, 0) is 10.0 Å². The molecule has 0 N–H and O–H groups in total. The summed E-state index contributed by atoms with van der Waals surface area (Å²) in [6, 6.07) is 8.88. The van der Waals surface area contributed by atoms with Gasteiger partial charge in [0.25, 0.3) is 10.0 Å². The van der Waals surface area contributed by atoms with Crippen molar-refractivity contribution in [3.05, 3.63) is 54.0 Å². The van der Waals surface area contributed by atoms with Gasteiger partial charge in [0.1, 0.15) is 11.3 Å². The molecular formula is C15H13FN2O3S. The number of benzene rings is 2. The van der Waals surface area contributed by atoms with Gasteiger partial charge in [0.05, 0.1) is 23.6 Å². The third kappa shape index (κ3) is 2.14.